The standard InChI is InChI=1S/C12H12BrNO2/c1-8-9(4-2-5-10(8)13)12(16)14-7-3-6-11(14)15/h2,4-5H,3,6-7H2,1H3. The van der Waals surface area contributed by atoms with Gasteiger partial charge in [0.15, 0.2) is 0 Å². The first-order valence-corrected chi connectivity index (χ1v) is 6.00. The zero-order chi connectivity index (χ0) is 11.7. The molecule has 3 nitrogen and oxygen atoms in total. The summed E-state index contributed by atoms with van der Waals surface area (Å²) in [4.78, 5) is 24.9. The summed E-state index contributed by atoms with van der Waals surface area (Å²) in [6, 6.07) is 5.46. The van der Waals surface area contributed by atoms with Gasteiger partial charge in [0.25, 0.3) is 5.91 Å². The predicted octanol–water partition coefficient (Wildman–Crippen LogP) is 2.52. The highest BCUT2D eigenvalue weighted by atomic mass is 79.9. The Morgan fingerprint density at radius 3 is 2.81 bits per heavy atom. The molecular formula is C12H12BrNO2. The summed E-state index contributed by atoms with van der Waals surface area (Å²) in [6.45, 7) is 2.42. The van der Waals surface area contributed by atoms with E-state index in [2.05, 4.69) is 15.9 Å². The fraction of sp³-hybridized carbons (Fsp3) is 0.333. The maximum absolute atomic E-state index is 12.1. The van der Waals surface area contributed by atoms with E-state index in [-0.39, 0.29) is 11.8 Å². The molecule has 2 rings (SSSR count). The van der Waals surface area contributed by atoms with Crippen LogP contribution in [0.2, 0.25) is 0 Å². The molecule has 0 bridgehead atoms. The Morgan fingerprint density at radius 1 is 1.44 bits per heavy atom. The Morgan fingerprint density at radius 2 is 2.19 bits per heavy atom. The van der Waals surface area contributed by atoms with Crippen molar-refractivity contribution in [3.05, 3.63) is 33.8 Å². The molecule has 0 atom stereocenters. The van der Waals surface area contributed by atoms with E-state index in [1.165, 1.54) is 4.90 Å². The number of hydrogen-bond acceptors (Lipinski definition) is 2. The van der Waals surface area contributed by atoms with Crippen LogP contribution in [-0.4, -0.2) is 23.3 Å². The average molecular weight is 282 g/mol. The molecule has 16 heavy (non-hydrogen) atoms. The highest BCUT2D eigenvalue weighted by Gasteiger charge is 2.28. The fourth-order valence-corrected chi connectivity index (χ4v) is 2.21. The molecular weight excluding hydrogens is 270 g/mol. The first-order valence-electron chi connectivity index (χ1n) is 5.21. The zero-order valence-corrected chi connectivity index (χ0v) is 10.6. The van der Waals surface area contributed by atoms with Crippen LogP contribution in [0.5, 0.6) is 0 Å². The van der Waals surface area contributed by atoms with E-state index in [0.29, 0.717) is 18.5 Å². The van der Waals surface area contributed by atoms with Gasteiger partial charge in [-0.3, -0.25) is 14.5 Å². The highest BCUT2D eigenvalue weighted by Crippen LogP contribution is 2.22. The topological polar surface area (TPSA) is 37.4 Å². The van der Waals surface area contributed by atoms with Gasteiger partial charge in [-0.15, -0.1) is 0 Å². The van der Waals surface area contributed by atoms with Gasteiger partial charge in [-0.1, -0.05) is 22.0 Å². The van der Waals surface area contributed by atoms with Crippen molar-refractivity contribution in [2.75, 3.05) is 6.54 Å². The summed E-state index contributed by atoms with van der Waals surface area (Å²) in [5.74, 6) is -0.245. The Hall–Kier alpha value is -1.16. The van der Waals surface area contributed by atoms with Crippen LogP contribution in [0.15, 0.2) is 22.7 Å². The number of carbonyl (C=O) groups is 2. The smallest absolute Gasteiger partial charge is 0.260 e. The molecule has 0 radical (unpaired) electrons. The highest BCUT2D eigenvalue weighted by molar-refractivity contribution is 9.10. The molecule has 0 saturated carbocycles. The fourth-order valence-electron chi connectivity index (χ4n) is 1.85. The summed E-state index contributed by atoms with van der Waals surface area (Å²) < 4.78 is 0.894. The molecule has 0 spiro atoms. The molecule has 1 aliphatic rings. The van der Waals surface area contributed by atoms with Crippen LogP contribution in [-0.2, 0) is 4.79 Å². The van der Waals surface area contributed by atoms with Crippen molar-refractivity contribution in [3.8, 4) is 0 Å². The maximum Gasteiger partial charge on any atom is 0.260 e. The third-order valence-electron chi connectivity index (χ3n) is 2.82. The molecule has 84 valence electrons. The van der Waals surface area contributed by atoms with Crippen molar-refractivity contribution in [2.24, 2.45) is 0 Å². The van der Waals surface area contributed by atoms with Gasteiger partial charge in [-0.25, -0.2) is 0 Å². The number of imide groups is 1. The van der Waals surface area contributed by atoms with E-state index in [1.54, 1.807) is 6.07 Å². The number of halogens is 1. The van der Waals surface area contributed by atoms with Crippen molar-refractivity contribution >= 4 is 27.7 Å². The molecule has 1 heterocycles. The number of likely N-dealkylation sites (tertiary alicyclic amines) is 1. The van der Waals surface area contributed by atoms with E-state index in [4.69, 9.17) is 0 Å². The summed E-state index contributed by atoms with van der Waals surface area (Å²) in [7, 11) is 0. The number of amides is 2. The molecule has 1 saturated heterocycles. The van der Waals surface area contributed by atoms with Gasteiger partial charge in [0, 0.05) is 23.0 Å². The number of rotatable bonds is 1. The second-order valence-corrected chi connectivity index (χ2v) is 4.72. The van der Waals surface area contributed by atoms with Gasteiger partial charge in [0.05, 0.1) is 0 Å². The molecule has 0 N–H and O–H groups in total. The lowest BCUT2D eigenvalue weighted by molar-refractivity contribution is -0.125. The minimum Gasteiger partial charge on any atom is -0.278 e. The van der Waals surface area contributed by atoms with Crippen molar-refractivity contribution in [1.29, 1.82) is 0 Å². The maximum atomic E-state index is 12.1. The largest absolute Gasteiger partial charge is 0.278 e. The van der Waals surface area contributed by atoms with Crippen molar-refractivity contribution < 1.29 is 9.59 Å². The van der Waals surface area contributed by atoms with Crippen LogP contribution in [0.4, 0.5) is 0 Å². The Balaban J connectivity index is 2.34. The number of carbonyl (C=O) groups excluding carboxylic acids is 2. The summed E-state index contributed by atoms with van der Waals surface area (Å²) >= 11 is 3.38. The quantitative estimate of drug-likeness (QED) is 0.742. The first-order chi connectivity index (χ1) is 7.61. The number of hydrogen-bond donors (Lipinski definition) is 0. The van der Waals surface area contributed by atoms with Gasteiger partial charge >= 0.3 is 0 Å². The van der Waals surface area contributed by atoms with Gasteiger partial charge in [-0.2, -0.15) is 0 Å². The molecule has 0 aromatic heterocycles. The predicted molar refractivity (Wildman–Crippen MR) is 64.2 cm³/mol. The molecule has 4 heteroatoms. The normalized spacial score (nSPS) is 15.6. The van der Waals surface area contributed by atoms with Crippen LogP contribution in [0.1, 0.15) is 28.8 Å². The summed E-state index contributed by atoms with van der Waals surface area (Å²) in [6.07, 6.45) is 1.26. The summed E-state index contributed by atoms with van der Waals surface area (Å²) in [5, 5.41) is 0. The molecule has 0 aliphatic carbocycles. The minimum atomic E-state index is -0.179. The molecule has 1 aromatic rings. The molecule has 1 aromatic carbocycles. The van der Waals surface area contributed by atoms with Crippen LogP contribution in [0.25, 0.3) is 0 Å². The van der Waals surface area contributed by atoms with Crippen molar-refractivity contribution in [3.63, 3.8) is 0 Å². The molecule has 1 fully saturated rings. The lowest BCUT2D eigenvalue weighted by atomic mass is 10.1. The number of nitrogens with zero attached hydrogens (tertiary/aromatic N) is 1. The lowest BCUT2D eigenvalue weighted by Gasteiger charge is -2.15. The third kappa shape index (κ3) is 1.89. The monoisotopic (exact) mass is 281 g/mol. The second kappa shape index (κ2) is 4.37. The van der Waals surface area contributed by atoms with Gasteiger partial charge in [-0.05, 0) is 31.0 Å². The zero-order valence-electron chi connectivity index (χ0n) is 9.00. The molecule has 2 amide bonds. The van der Waals surface area contributed by atoms with Gasteiger partial charge in [0.1, 0.15) is 0 Å². The van der Waals surface area contributed by atoms with Crippen LogP contribution in [0.3, 0.4) is 0 Å². The molecule has 1 aliphatic heterocycles. The summed E-state index contributed by atoms with van der Waals surface area (Å²) in [5.41, 5.74) is 1.48. The number of benzene rings is 1. The third-order valence-corrected chi connectivity index (χ3v) is 3.68. The van der Waals surface area contributed by atoms with Gasteiger partial charge < -0.3 is 0 Å². The van der Waals surface area contributed by atoms with Crippen molar-refractivity contribution in [1.82, 2.24) is 4.90 Å². The molecule has 0 unspecified atom stereocenters. The lowest BCUT2D eigenvalue weighted by Crippen LogP contribution is -2.32. The minimum absolute atomic E-state index is 0.0654. The SMILES string of the molecule is Cc1c(Br)cccc1C(=O)N1CCCC1=O. The van der Waals surface area contributed by atoms with Crippen LogP contribution >= 0.6 is 15.9 Å². The van der Waals surface area contributed by atoms with Crippen LogP contribution < -0.4 is 0 Å². The van der Waals surface area contributed by atoms with E-state index < -0.39 is 0 Å². The second-order valence-electron chi connectivity index (χ2n) is 3.87. The average Bonchev–Trinajstić information content (AvgIpc) is 2.68. The van der Waals surface area contributed by atoms with Crippen molar-refractivity contribution in [2.45, 2.75) is 19.8 Å². The van der Waals surface area contributed by atoms with Crippen LogP contribution in [0, 0.1) is 6.92 Å². The Bertz CT molecular complexity index is 456. The Labute approximate surface area is 103 Å². The van der Waals surface area contributed by atoms with Gasteiger partial charge in [0.2, 0.25) is 5.91 Å². The van der Waals surface area contributed by atoms with E-state index in [0.717, 1.165) is 16.5 Å². The van der Waals surface area contributed by atoms with E-state index >= 15 is 0 Å². The first kappa shape index (κ1) is 11.3. The Kier molecular flexibility index (Phi) is 3.10. The van der Waals surface area contributed by atoms with E-state index in [9.17, 15) is 9.59 Å². The van der Waals surface area contributed by atoms with E-state index in [1.807, 2.05) is 19.1 Å².